The predicted octanol–water partition coefficient (Wildman–Crippen LogP) is 4.22. The normalized spacial score (nSPS) is 10.9. The van der Waals surface area contributed by atoms with E-state index in [1.807, 2.05) is 47.1 Å². The number of anilines is 1. The van der Waals surface area contributed by atoms with E-state index in [0.717, 1.165) is 23.0 Å². The van der Waals surface area contributed by atoms with E-state index in [-0.39, 0.29) is 0 Å². The number of hydrogen-bond acceptors (Lipinski definition) is 2. The molecule has 3 nitrogen and oxygen atoms in total. The Labute approximate surface area is 123 Å². The Balaban J connectivity index is 1.83. The summed E-state index contributed by atoms with van der Waals surface area (Å²) in [4.78, 5) is 4.53. The van der Waals surface area contributed by atoms with Crippen molar-refractivity contribution in [3.8, 4) is 0 Å². The smallest absolute Gasteiger partial charge is 0.145 e. The number of rotatable bonds is 3. The Hall–Kier alpha value is -2.00. The van der Waals surface area contributed by atoms with Crippen LogP contribution in [0.1, 0.15) is 16.7 Å². The molecule has 0 radical (unpaired) electrons. The summed E-state index contributed by atoms with van der Waals surface area (Å²) in [7, 11) is 0. The van der Waals surface area contributed by atoms with E-state index < -0.39 is 0 Å². The van der Waals surface area contributed by atoms with Gasteiger partial charge >= 0.3 is 0 Å². The van der Waals surface area contributed by atoms with Gasteiger partial charge in [0.05, 0.1) is 6.20 Å². The lowest BCUT2D eigenvalue weighted by Gasteiger charge is -2.11. The molecule has 2 aromatic heterocycles. The molecule has 0 saturated carbocycles. The first-order valence-electron chi connectivity index (χ1n) is 6.57. The van der Waals surface area contributed by atoms with Gasteiger partial charge in [-0.15, -0.1) is 0 Å². The van der Waals surface area contributed by atoms with Gasteiger partial charge in [0.15, 0.2) is 0 Å². The van der Waals surface area contributed by atoms with Crippen LogP contribution in [0.5, 0.6) is 0 Å². The number of benzene rings is 1. The van der Waals surface area contributed by atoms with Gasteiger partial charge in [-0.3, -0.25) is 0 Å². The third-order valence-corrected chi connectivity index (χ3v) is 3.69. The summed E-state index contributed by atoms with van der Waals surface area (Å²) in [5.74, 6) is 0.880. The van der Waals surface area contributed by atoms with Crippen LogP contribution in [0.4, 0.5) is 5.82 Å². The molecule has 0 saturated heterocycles. The van der Waals surface area contributed by atoms with Crippen LogP contribution in [-0.4, -0.2) is 9.38 Å². The van der Waals surface area contributed by atoms with E-state index in [4.69, 9.17) is 11.6 Å². The molecule has 0 amide bonds. The molecule has 20 heavy (non-hydrogen) atoms. The summed E-state index contributed by atoms with van der Waals surface area (Å²) in [5, 5.41) is 4.16. The number of hydrogen-bond donors (Lipinski definition) is 1. The van der Waals surface area contributed by atoms with E-state index in [1.165, 1.54) is 16.7 Å². The Morgan fingerprint density at radius 3 is 2.65 bits per heavy atom. The van der Waals surface area contributed by atoms with Gasteiger partial charge < -0.3 is 9.72 Å². The molecular weight excluding hydrogens is 270 g/mol. The van der Waals surface area contributed by atoms with Gasteiger partial charge in [0.1, 0.15) is 11.5 Å². The molecule has 3 rings (SSSR count). The van der Waals surface area contributed by atoms with Crippen molar-refractivity contribution < 1.29 is 0 Å². The minimum Gasteiger partial charge on any atom is -0.365 e. The van der Waals surface area contributed by atoms with Gasteiger partial charge in [-0.2, -0.15) is 0 Å². The second kappa shape index (κ2) is 5.17. The number of nitrogens with one attached hydrogen (secondary N) is 1. The molecule has 1 N–H and O–H groups in total. The fourth-order valence-electron chi connectivity index (χ4n) is 2.42. The van der Waals surface area contributed by atoms with Gasteiger partial charge in [-0.1, -0.05) is 17.7 Å². The summed E-state index contributed by atoms with van der Waals surface area (Å²) >= 11 is 6.06. The number of fused-ring (bicyclic) bond motifs is 1. The topological polar surface area (TPSA) is 29.3 Å². The van der Waals surface area contributed by atoms with Crippen LogP contribution >= 0.6 is 11.6 Å². The summed E-state index contributed by atoms with van der Waals surface area (Å²) < 4.78 is 2.00. The highest BCUT2D eigenvalue weighted by Crippen LogP contribution is 2.21. The van der Waals surface area contributed by atoms with Crippen molar-refractivity contribution in [3.63, 3.8) is 0 Å². The van der Waals surface area contributed by atoms with E-state index >= 15 is 0 Å². The van der Waals surface area contributed by atoms with Crippen LogP contribution in [0.3, 0.4) is 0 Å². The maximum atomic E-state index is 6.06. The lowest BCUT2D eigenvalue weighted by Crippen LogP contribution is -2.03. The zero-order valence-corrected chi connectivity index (χ0v) is 12.3. The highest BCUT2D eigenvalue weighted by molar-refractivity contribution is 6.30. The molecule has 0 aliphatic carbocycles. The summed E-state index contributed by atoms with van der Waals surface area (Å²) in [6, 6.07) is 9.96. The molecule has 0 spiro atoms. The van der Waals surface area contributed by atoms with Gasteiger partial charge in [-0.25, -0.2) is 4.98 Å². The number of nitrogens with zero attached hydrogens (tertiary/aromatic N) is 2. The molecular formula is C16H16ClN3. The highest BCUT2D eigenvalue weighted by Gasteiger charge is 2.06. The van der Waals surface area contributed by atoms with E-state index in [2.05, 4.69) is 24.1 Å². The first-order chi connectivity index (χ1) is 9.63. The second-order valence-corrected chi connectivity index (χ2v) is 5.40. The minimum absolute atomic E-state index is 0.749. The van der Waals surface area contributed by atoms with Crippen molar-refractivity contribution in [3.05, 3.63) is 64.4 Å². The number of imidazole rings is 1. The van der Waals surface area contributed by atoms with E-state index in [9.17, 15) is 0 Å². The van der Waals surface area contributed by atoms with Crippen LogP contribution in [0.25, 0.3) is 5.65 Å². The number of aryl methyl sites for hydroxylation is 2. The van der Waals surface area contributed by atoms with E-state index in [1.54, 1.807) is 0 Å². The maximum Gasteiger partial charge on any atom is 0.145 e. The lowest BCUT2D eigenvalue weighted by atomic mass is 10.0. The molecule has 102 valence electrons. The van der Waals surface area contributed by atoms with Crippen molar-refractivity contribution in [1.82, 2.24) is 9.38 Å². The second-order valence-electron chi connectivity index (χ2n) is 4.96. The Morgan fingerprint density at radius 2 is 1.95 bits per heavy atom. The monoisotopic (exact) mass is 285 g/mol. The molecule has 3 aromatic rings. The summed E-state index contributed by atoms with van der Waals surface area (Å²) in [5.41, 5.74) is 4.61. The quantitative estimate of drug-likeness (QED) is 0.781. The van der Waals surface area contributed by atoms with Crippen molar-refractivity contribution >= 4 is 23.1 Å². The zero-order valence-electron chi connectivity index (χ0n) is 11.5. The number of halogens is 1. The largest absolute Gasteiger partial charge is 0.365 e. The van der Waals surface area contributed by atoms with Crippen molar-refractivity contribution in [2.24, 2.45) is 0 Å². The van der Waals surface area contributed by atoms with Gasteiger partial charge in [0.2, 0.25) is 0 Å². The molecule has 0 unspecified atom stereocenters. The van der Waals surface area contributed by atoms with Crippen LogP contribution in [0, 0.1) is 13.8 Å². The van der Waals surface area contributed by atoms with Crippen LogP contribution in [-0.2, 0) is 6.54 Å². The molecule has 0 aliphatic rings. The fraction of sp³-hybridized carbons (Fsp3) is 0.188. The Morgan fingerprint density at radius 1 is 1.20 bits per heavy atom. The van der Waals surface area contributed by atoms with Gasteiger partial charge in [-0.05, 0) is 54.8 Å². The van der Waals surface area contributed by atoms with Gasteiger partial charge in [0.25, 0.3) is 0 Å². The summed E-state index contributed by atoms with van der Waals surface area (Å²) in [6.45, 7) is 4.91. The summed E-state index contributed by atoms with van der Waals surface area (Å²) in [6.07, 6.45) is 3.99. The third-order valence-electron chi connectivity index (χ3n) is 3.47. The first kappa shape index (κ1) is 13.0. The van der Waals surface area contributed by atoms with Crippen molar-refractivity contribution in [2.75, 3.05) is 5.32 Å². The standard InChI is InChI=1S/C16H16ClN3/c1-11-7-13(17)8-12(2)14(11)9-18-15-10-20-6-4-3-5-16(20)19-15/h3-8,10,18H,9H2,1-2H3. The molecule has 0 bridgehead atoms. The number of pyridine rings is 1. The van der Waals surface area contributed by atoms with E-state index in [0.29, 0.717) is 0 Å². The molecule has 0 aliphatic heterocycles. The third kappa shape index (κ3) is 2.49. The fourth-order valence-corrected chi connectivity index (χ4v) is 2.75. The SMILES string of the molecule is Cc1cc(Cl)cc(C)c1CNc1cn2ccccc2n1. The average molecular weight is 286 g/mol. The maximum absolute atomic E-state index is 6.06. The zero-order chi connectivity index (χ0) is 14.1. The molecule has 4 heteroatoms. The van der Waals surface area contributed by atoms with Crippen LogP contribution in [0.2, 0.25) is 5.02 Å². The number of aromatic nitrogens is 2. The Kier molecular flexibility index (Phi) is 3.36. The average Bonchev–Trinajstić information content (AvgIpc) is 2.80. The first-order valence-corrected chi connectivity index (χ1v) is 6.94. The van der Waals surface area contributed by atoms with Crippen molar-refractivity contribution in [1.29, 1.82) is 0 Å². The molecule has 0 fully saturated rings. The molecule has 2 heterocycles. The van der Waals surface area contributed by atoms with Crippen LogP contribution < -0.4 is 5.32 Å². The minimum atomic E-state index is 0.749. The highest BCUT2D eigenvalue weighted by atomic mass is 35.5. The lowest BCUT2D eigenvalue weighted by molar-refractivity contribution is 1.08. The predicted molar refractivity (Wildman–Crippen MR) is 83.4 cm³/mol. The van der Waals surface area contributed by atoms with Crippen molar-refractivity contribution in [2.45, 2.75) is 20.4 Å². The molecule has 1 aromatic carbocycles. The van der Waals surface area contributed by atoms with Crippen LogP contribution in [0.15, 0.2) is 42.7 Å². The van der Waals surface area contributed by atoms with Gasteiger partial charge in [0, 0.05) is 17.8 Å². The Bertz CT molecular complexity index is 705. The molecule has 0 atom stereocenters.